The van der Waals surface area contributed by atoms with Crippen molar-refractivity contribution in [3.63, 3.8) is 0 Å². The van der Waals surface area contributed by atoms with Gasteiger partial charge in [0.1, 0.15) is 11.4 Å². The molecule has 1 fully saturated rings. The van der Waals surface area contributed by atoms with E-state index >= 15 is 0 Å². The van der Waals surface area contributed by atoms with Gasteiger partial charge >= 0.3 is 12.1 Å². The summed E-state index contributed by atoms with van der Waals surface area (Å²) in [6.07, 6.45) is -1.42. The summed E-state index contributed by atoms with van der Waals surface area (Å²) in [7, 11) is 3.86. The molecule has 1 saturated heterocycles. The molecule has 1 aliphatic heterocycles. The Hall–Kier alpha value is -3.78. The number of amides is 1. The maximum Gasteiger partial charge on any atom is 0.490 e. The molecule has 1 N–H and O–H groups in total. The molecule has 1 unspecified atom stereocenters. The molecule has 1 amide bonds. The van der Waals surface area contributed by atoms with Gasteiger partial charge in [-0.15, -0.1) is 5.10 Å². The Balaban J connectivity index is 0.000000384. The number of fused-ring (bicyclic) bond motifs is 1. The lowest BCUT2D eigenvalue weighted by atomic mass is 10.1. The summed E-state index contributed by atoms with van der Waals surface area (Å²) in [5.41, 5.74) is 4.75. The van der Waals surface area contributed by atoms with Crippen molar-refractivity contribution < 1.29 is 27.9 Å². The Morgan fingerprint density at radius 3 is 2.47 bits per heavy atom. The quantitative estimate of drug-likeness (QED) is 0.442. The highest BCUT2D eigenvalue weighted by molar-refractivity contribution is 7.08. The Morgan fingerprint density at radius 2 is 1.86 bits per heavy atom. The molecule has 14 heteroatoms. The number of carboxylic acids is 1. The van der Waals surface area contributed by atoms with Gasteiger partial charge in [0.2, 0.25) is 0 Å². The molecule has 0 spiro atoms. The molecule has 5 heterocycles. The number of rotatable bonds is 3. The highest BCUT2D eigenvalue weighted by Crippen LogP contribution is 2.29. The zero-order valence-electron chi connectivity index (χ0n) is 19.3. The van der Waals surface area contributed by atoms with Crippen LogP contribution in [0.2, 0.25) is 0 Å². The molecule has 4 aromatic heterocycles. The van der Waals surface area contributed by atoms with Gasteiger partial charge in [-0.05, 0) is 41.6 Å². The molecule has 5 rings (SSSR count). The molecule has 0 saturated carbocycles. The Bertz CT molecular complexity index is 1370. The number of alkyl halides is 3. The number of likely N-dealkylation sites (N-methyl/N-ethyl adjacent to an activating group) is 1. The SMILES string of the molecule is CN1CCN(C(=O)c2ccnn2C)CC1c1nnn2cc(-c3ccsc3)ccc12.O=C(O)C(F)(F)F. The van der Waals surface area contributed by atoms with Gasteiger partial charge in [0.15, 0.2) is 0 Å². The van der Waals surface area contributed by atoms with E-state index in [1.165, 1.54) is 5.56 Å². The summed E-state index contributed by atoms with van der Waals surface area (Å²) in [6, 6.07) is 8.02. The molecule has 4 aromatic rings. The van der Waals surface area contributed by atoms with Crippen molar-refractivity contribution in [2.45, 2.75) is 12.2 Å². The first-order chi connectivity index (χ1) is 17.1. The topological polar surface area (TPSA) is 109 Å². The number of aryl methyl sites for hydroxylation is 1. The van der Waals surface area contributed by atoms with Crippen LogP contribution in [-0.2, 0) is 11.8 Å². The number of carboxylic acid groups (broad SMARTS) is 1. The van der Waals surface area contributed by atoms with Crippen LogP contribution in [0.15, 0.2) is 47.4 Å². The molecule has 190 valence electrons. The summed E-state index contributed by atoms with van der Waals surface area (Å²) >= 11 is 1.68. The van der Waals surface area contributed by atoms with Crippen molar-refractivity contribution >= 4 is 28.7 Å². The smallest absolute Gasteiger partial charge is 0.475 e. The van der Waals surface area contributed by atoms with Gasteiger partial charge in [-0.25, -0.2) is 9.31 Å². The number of carbonyl (C=O) groups excluding carboxylic acids is 1. The number of hydrogen-bond acceptors (Lipinski definition) is 7. The first-order valence-corrected chi connectivity index (χ1v) is 11.7. The number of thiophene rings is 1. The number of aliphatic carboxylic acids is 1. The molecule has 0 radical (unpaired) electrons. The second-order valence-corrected chi connectivity index (χ2v) is 8.90. The molecule has 0 aliphatic carbocycles. The molecular formula is C22H22F3N7O3S. The second-order valence-electron chi connectivity index (χ2n) is 8.12. The maximum atomic E-state index is 12.9. The first-order valence-electron chi connectivity index (χ1n) is 10.7. The van der Waals surface area contributed by atoms with Crippen molar-refractivity contribution in [2.24, 2.45) is 7.05 Å². The van der Waals surface area contributed by atoms with Gasteiger partial charge in [-0.3, -0.25) is 14.4 Å². The van der Waals surface area contributed by atoms with Gasteiger partial charge in [0.05, 0.1) is 11.6 Å². The van der Waals surface area contributed by atoms with Crippen molar-refractivity contribution in [1.29, 1.82) is 0 Å². The summed E-state index contributed by atoms with van der Waals surface area (Å²) in [5.74, 6) is -2.76. The van der Waals surface area contributed by atoms with Crippen LogP contribution in [0, 0.1) is 0 Å². The van der Waals surface area contributed by atoms with E-state index in [4.69, 9.17) is 9.90 Å². The van der Waals surface area contributed by atoms with Crippen molar-refractivity contribution in [2.75, 3.05) is 26.7 Å². The van der Waals surface area contributed by atoms with Gasteiger partial charge in [-0.2, -0.15) is 29.6 Å². The second kappa shape index (κ2) is 10.1. The van der Waals surface area contributed by atoms with Gasteiger partial charge in [0.25, 0.3) is 5.91 Å². The van der Waals surface area contributed by atoms with Crippen LogP contribution >= 0.6 is 11.3 Å². The summed E-state index contributed by atoms with van der Waals surface area (Å²) in [4.78, 5) is 26.0. The van der Waals surface area contributed by atoms with E-state index in [-0.39, 0.29) is 11.9 Å². The van der Waals surface area contributed by atoms with Crippen LogP contribution in [0.1, 0.15) is 22.2 Å². The molecular weight excluding hydrogens is 499 g/mol. The minimum Gasteiger partial charge on any atom is -0.475 e. The minimum absolute atomic E-state index is 0.000632. The van der Waals surface area contributed by atoms with Crippen molar-refractivity contribution in [3.8, 4) is 11.1 Å². The van der Waals surface area contributed by atoms with E-state index in [0.717, 1.165) is 23.3 Å². The number of pyridine rings is 1. The standard InChI is InChI=1S/C20H21N7OS.C2HF3O2/c1-24-8-9-26(20(28)17-5-7-21-25(17)2)12-18(24)19-16-4-3-14(11-27(16)23-22-19)15-6-10-29-13-15;3-2(4,5)1(6)7/h3-7,10-11,13,18H,8-9,12H2,1-2H3;(H,6,7). The fourth-order valence-electron chi connectivity index (χ4n) is 3.85. The number of nitrogens with zero attached hydrogens (tertiary/aromatic N) is 7. The third-order valence-electron chi connectivity index (χ3n) is 5.83. The molecule has 10 nitrogen and oxygen atoms in total. The monoisotopic (exact) mass is 521 g/mol. The van der Waals surface area contributed by atoms with Crippen LogP contribution < -0.4 is 0 Å². The van der Waals surface area contributed by atoms with E-state index in [0.29, 0.717) is 18.8 Å². The molecule has 1 aliphatic rings. The third-order valence-corrected chi connectivity index (χ3v) is 6.51. The molecule has 1 atom stereocenters. The van der Waals surface area contributed by atoms with Crippen molar-refractivity contribution in [1.82, 2.24) is 34.4 Å². The predicted octanol–water partition coefficient (Wildman–Crippen LogP) is 2.95. The van der Waals surface area contributed by atoms with Crippen LogP contribution in [0.3, 0.4) is 0 Å². The lowest BCUT2D eigenvalue weighted by Gasteiger charge is -2.38. The zero-order valence-corrected chi connectivity index (χ0v) is 20.1. The van der Waals surface area contributed by atoms with E-state index in [2.05, 4.69) is 56.3 Å². The Kier molecular flexibility index (Phi) is 7.08. The maximum absolute atomic E-state index is 12.9. The highest BCUT2D eigenvalue weighted by atomic mass is 32.1. The summed E-state index contributed by atoms with van der Waals surface area (Å²) in [5, 5.41) is 24.3. The van der Waals surface area contributed by atoms with Crippen LogP contribution in [0.25, 0.3) is 16.6 Å². The largest absolute Gasteiger partial charge is 0.490 e. The first kappa shape index (κ1) is 25.3. The number of carbonyl (C=O) groups is 2. The molecule has 0 bridgehead atoms. The van der Waals surface area contributed by atoms with Crippen LogP contribution in [0.5, 0.6) is 0 Å². The molecule has 0 aromatic carbocycles. The third kappa shape index (κ3) is 5.23. The molecule has 36 heavy (non-hydrogen) atoms. The van der Waals surface area contributed by atoms with Gasteiger partial charge < -0.3 is 10.0 Å². The lowest BCUT2D eigenvalue weighted by molar-refractivity contribution is -0.192. The number of halogens is 3. The van der Waals surface area contributed by atoms with Crippen molar-refractivity contribution in [3.05, 3.63) is 58.8 Å². The lowest BCUT2D eigenvalue weighted by Crippen LogP contribution is -2.49. The highest BCUT2D eigenvalue weighted by Gasteiger charge is 2.38. The Labute approximate surface area is 207 Å². The van der Waals surface area contributed by atoms with Gasteiger partial charge in [-0.1, -0.05) is 11.3 Å². The number of piperazine rings is 1. The number of hydrogen-bond donors (Lipinski definition) is 1. The van der Waals surface area contributed by atoms with E-state index in [1.54, 1.807) is 35.3 Å². The van der Waals surface area contributed by atoms with Crippen LogP contribution in [0.4, 0.5) is 13.2 Å². The summed E-state index contributed by atoms with van der Waals surface area (Å²) < 4.78 is 35.2. The van der Waals surface area contributed by atoms with E-state index in [9.17, 15) is 18.0 Å². The number of aromatic nitrogens is 5. The summed E-state index contributed by atoms with van der Waals surface area (Å²) in [6.45, 7) is 2.03. The zero-order chi connectivity index (χ0) is 26.0. The average molecular weight is 522 g/mol. The van der Waals surface area contributed by atoms with E-state index < -0.39 is 12.1 Å². The fourth-order valence-corrected chi connectivity index (χ4v) is 4.51. The normalized spacial score (nSPS) is 16.6. The van der Waals surface area contributed by atoms with E-state index in [1.807, 2.05) is 15.6 Å². The fraction of sp³-hybridized carbons (Fsp3) is 0.318. The average Bonchev–Trinajstić information content (AvgIpc) is 3.59. The van der Waals surface area contributed by atoms with Gasteiger partial charge in [0, 0.05) is 44.6 Å². The predicted molar refractivity (Wildman–Crippen MR) is 124 cm³/mol. The van der Waals surface area contributed by atoms with Crippen LogP contribution in [-0.4, -0.2) is 84.2 Å². The minimum atomic E-state index is -5.08. The Morgan fingerprint density at radius 1 is 1.11 bits per heavy atom.